The largest absolute Gasteiger partial charge is 0.384 e. The summed E-state index contributed by atoms with van der Waals surface area (Å²) in [6.07, 6.45) is 2.02. The van der Waals surface area contributed by atoms with Crippen LogP contribution in [0.5, 0.6) is 0 Å². The zero-order chi connectivity index (χ0) is 16.1. The Balaban J connectivity index is 2.12. The fraction of sp³-hybridized carbons (Fsp3) is 0.375. The normalized spacial score (nSPS) is 16.7. The Labute approximate surface area is 135 Å². The van der Waals surface area contributed by atoms with Gasteiger partial charge in [-0.25, -0.2) is 0 Å². The smallest absolute Gasteiger partial charge is 0.270 e. The summed E-state index contributed by atoms with van der Waals surface area (Å²) in [5, 5.41) is 12.5. The maximum Gasteiger partial charge on any atom is 0.270 e. The maximum absolute atomic E-state index is 12.2. The average molecular weight is 319 g/mol. The molecule has 1 saturated heterocycles. The minimum Gasteiger partial charge on any atom is -0.384 e. The van der Waals surface area contributed by atoms with Crippen molar-refractivity contribution in [1.29, 1.82) is 5.26 Å². The first-order chi connectivity index (χ1) is 10.5. The molecule has 1 aliphatic rings. The lowest BCUT2D eigenvalue weighted by molar-refractivity contribution is -0.112. The minimum atomic E-state index is -0.499. The third-order valence-electron chi connectivity index (χ3n) is 3.82. The van der Waals surface area contributed by atoms with Gasteiger partial charge in [0.2, 0.25) is 0 Å². The highest BCUT2D eigenvalue weighted by Gasteiger charge is 2.22. The number of rotatable bonds is 3. The molecule has 1 aliphatic heterocycles. The molecular formula is C16H19ClN4O. The molecule has 0 atom stereocenters. The number of hydrogen-bond donors (Lipinski definition) is 2. The molecule has 1 aromatic carbocycles. The molecule has 1 heterocycles. The molecule has 1 aromatic rings. The molecule has 0 spiro atoms. The third kappa shape index (κ3) is 3.92. The number of nitrogens with two attached hydrogens (primary N) is 1. The van der Waals surface area contributed by atoms with E-state index in [0.717, 1.165) is 25.9 Å². The van der Waals surface area contributed by atoms with Crippen LogP contribution in [0.1, 0.15) is 19.8 Å². The first-order valence-corrected chi connectivity index (χ1v) is 7.60. The molecule has 1 amide bonds. The monoisotopic (exact) mass is 318 g/mol. The van der Waals surface area contributed by atoms with E-state index in [0.29, 0.717) is 16.6 Å². The molecule has 0 radical (unpaired) electrons. The van der Waals surface area contributed by atoms with E-state index >= 15 is 0 Å². The van der Waals surface area contributed by atoms with E-state index in [2.05, 4.69) is 12.2 Å². The fourth-order valence-corrected chi connectivity index (χ4v) is 2.48. The number of anilines is 1. The van der Waals surface area contributed by atoms with Crippen molar-refractivity contribution < 1.29 is 4.79 Å². The van der Waals surface area contributed by atoms with Crippen molar-refractivity contribution in [3.63, 3.8) is 0 Å². The van der Waals surface area contributed by atoms with E-state index in [1.807, 2.05) is 11.0 Å². The van der Waals surface area contributed by atoms with Gasteiger partial charge in [0.25, 0.3) is 5.91 Å². The summed E-state index contributed by atoms with van der Waals surface area (Å²) in [6.45, 7) is 3.73. The fourth-order valence-electron chi connectivity index (χ4n) is 2.36. The van der Waals surface area contributed by atoms with E-state index < -0.39 is 5.91 Å². The number of hydrogen-bond acceptors (Lipinski definition) is 4. The lowest BCUT2D eigenvalue weighted by atomic mass is 9.99. The summed E-state index contributed by atoms with van der Waals surface area (Å²) in [5.74, 6) is 0.402. The Hall–Kier alpha value is -2.19. The zero-order valence-corrected chi connectivity index (χ0v) is 13.2. The van der Waals surface area contributed by atoms with Crippen LogP contribution in [0.4, 0.5) is 5.69 Å². The summed E-state index contributed by atoms with van der Waals surface area (Å²) in [4.78, 5) is 14.1. The number of nitrogens with zero attached hydrogens (tertiary/aromatic N) is 2. The lowest BCUT2D eigenvalue weighted by Gasteiger charge is -2.32. The van der Waals surface area contributed by atoms with Gasteiger partial charge in [-0.15, -0.1) is 0 Å². The number of carbonyl (C=O) groups excluding carboxylic acids is 1. The number of nitriles is 1. The first-order valence-electron chi connectivity index (χ1n) is 7.23. The summed E-state index contributed by atoms with van der Waals surface area (Å²) >= 11 is 5.80. The topological polar surface area (TPSA) is 82.2 Å². The zero-order valence-electron chi connectivity index (χ0n) is 12.5. The van der Waals surface area contributed by atoms with Gasteiger partial charge in [0.15, 0.2) is 5.57 Å². The Bertz CT molecular complexity index is 610. The highest BCUT2D eigenvalue weighted by molar-refractivity contribution is 6.30. The minimum absolute atomic E-state index is 0.0514. The van der Waals surface area contributed by atoms with Crippen molar-refractivity contribution in [1.82, 2.24) is 4.90 Å². The van der Waals surface area contributed by atoms with E-state index in [1.54, 1.807) is 24.3 Å². The second-order valence-electron chi connectivity index (χ2n) is 5.50. The third-order valence-corrected chi connectivity index (χ3v) is 4.07. The highest BCUT2D eigenvalue weighted by atomic mass is 35.5. The van der Waals surface area contributed by atoms with Gasteiger partial charge in [-0.1, -0.05) is 18.5 Å². The molecule has 0 saturated carbocycles. The standard InChI is InChI=1S/C16H19ClN4O/c1-11-6-8-21(9-7-11)15(19)14(10-18)16(22)20-13-4-2-12(17)3-5-13/h2-5,11H,6-9,19H2,1H3,(H,20,22)/b15-14+. The Kier molecular flexibility index (Phi) is 5.29. The number of piperidine rings is 1. The molecule has 0 aromatic heterocycles. The van der Waals surface area contributed by atoms with Gasteiger partial charge in [0.1, 0.15) is 11.9 Å². The summed E-state index contributed by atoms with van der Waals surface area (Å²) in [6, 6.07) is 8.60. The number of benzene rings is 1. The van der Waals surface area contributed by atoms with Gasteiger partial charge in [-0.2, -0.15) is 5.26 Å². The summed E-state index contributed by atoms with van der Waals surface area (Å²) in [5.41, 5.74) is 6.55. The van der Waals surface area contributed by atoms with Crippen LogP contribution < -0.4 is 11.1 Å². The van der Waals surface area contributed by atoms with Crippen LogP contribution in [-0.2, 0) is 4.79 Å². The predicted octanol–water partition coefficient (Wildman–Crippen LogP) is 2.70. The average Bonchev–Trinajstić information content (AvgIpc) is 2.51. The van der Waals surface area contributed by atoms with E-state index in [-0.39, 0.29) is 11.4 Å². The van der Waals surface area contributed by atoms with Crippen LogP contribution in [0.15, 0.2) is 35.7 Å². The number of amides is 1. The second kappa shape index (κ2) is 7.19. The highest BCUT2D eigenvalue weighted by Crippen LogP contribution is 2.20. The van der Waals surface area contributed by atoms with Crippen molar-refractivity contribution >= 4 is 23.2 Å². The van der Waals surface area contributed by atoms with Gasteiger partial charge < -0.3 is 16.0 Å². The quantitative estimate of drug-likeness (QED) is 0.663. The van der Waals surface area contributed by atoms with Gasteiger partial charge in [0.05, 0.1) is 0 Å². The van der Waals surface area contributed by atoms with Crippen LogP contribution in [0.25, 0.3) is 0 Å². The molecule has 22 heavy (non-hydrogen) atoms. The van der Waals surface area contributed by atoms with Gasteiger partial charge in [-0.05, 0) is 43.0 Å². The lowest BCUT2D eigenvalue weighted by Crippen LogP contribution is -2.37. The van der Waals surface area contributed by atoms with Crippen molar-refractivity contribution in [2.75, 3.05) is 18.4 Å². The molecule has 0 bridgehead atoms. The maximum atomic E-state index is 12.2. The predicted molar refractivity (Wildman–Crippen MR) is 86.9 cm³/mol. The number of likely N-dealkylation sites (tertiary alicyclic amines) is 1. The molecule has 2 rings (SSSR count). The van der Waals surface area contributed by atoms with Crippen molar-refractivity contribution in [2.45, 2.75) is 19.8 Å². The second-order valence-corrected chi connectivity index (χ2v) is 5.94. The molecule has 1 fully saturated rings. The van der Waals surface area contributed by atoms with Gasteiger partial charge >= 0.3 is 0 Å². The number of halogens is 1. The van der Waals surface area contributed by atoms with E-state index in [1.165, 1.54) is 0 Å². The molecule has 0 unspecified atom stereocenters. The first kappa shape index (κ1) is 16.2. The molecule has 6 heteroatoms. The Morgan fingerprint density at radius 1 is 1.36 bits per heavy atom. The van der Waals surface area contributed by atoms with Crippen LogP contribution in [0.3, 0.4) is 0 Å². The summed E-state index contributed by atoms with van der Waals surface area (Å²) < 4.78 is 0. The van der Waals surface area contributed by atoms with Crippen LogP contribution in [0.2, 0.25) is 5.02 Å². The van der Waals surface area contributed by atoms with Crippen LogP contribution in [0, 0.1) is 17.2 Å². The SMILES string of the molecule is CC1CCN(/C(N)=C(\C#N)C(=O)Nc2ccc(Cl)cc2)CC1. The Morgan fingerprint density at radius 2 is 1.95 bits per heavy atom. The van der Waals surface area contributed by atoms with E-state index in [9.17, 15) is 10.1 Å². The van der Waals surface area contributed by atoms with Crippen molar-refractivity contribution in [2.24, 2.45) is 11.7 Å². The van der Waals surface area contributed by atoms with Crippen LogP contribution >= 0.6 is 11.6 Å². The van der Waals surface area contributed by atoms with Gasteiger partial charge in [-0.3, -0.25) is 4.79 Å². The van der Waals surface area contributed by atoms with Crippen molar-refractivity contribution in [3.8, 4) is 6.07 Å². The number of carbonyl (C=O) groups is 1. The van der Waals surface area contributed by atoms with Gasteiger partial charge in [0, 0.05) is 23.8 Å². The summed E-state index contributed by atoms with van der Waals surface area (Å²) in [7, 11) is 0. The molecule has 5 nitrogen and oxygen atoms in total. The van der Waals surface area contributed by atoms with Crippen LogP contribution in [-0.4, -0.2) is 23.9 Å². The molecule has 0 aliphatic carbocycles. The Morgan fingerprint density at radius 3 is 2.50 bits per heavy atom. The number of nitrogens with one attached hydrogen (secondary N) is 1. The molecule has 3 N–H and O–H groups in total. The van der Waals surface area contributed by atoms with Crippen molar-refractivity contribution in [3.05, 3.63) is 40.7 Å². The molecular weight excluding hydrogens is 300 g/mol. The van der Waals surface area contributed by atoms with E-state index in [4.69, 9.17) is 17.3 Å². The molecule has 116 valence electrons.